The molecule has 1 aliphatic carbocycles. The van der Waals surface area contributed by atoms with E-state index < -0.39 is 6.85 Å². The quantitative estimate of drug-likeness (QED) is 0.142. The second-order valence-electron chi connectivity index (χ2n) is 24.5. The van der Waals surface area contributed by atoms with Crippen molar-refractivity contribution in [3.63, 3.8) is 0 Å². The number of benzene rings is 8. The number of fused-ring (bicyclic) bond motifs is 5. The van der Waals surface area contributed by atoms with E-state index in [0.29, 0.717) is 17.1 Å². The molecule has 6 heteroatoms. The van der Waals surface area contributed by atoms with E-state index in [1.165, 1.54) is 61.3 Å². The number of ether oxygens (including phenoxy) is 1. The molecular formula is C72H70N4OPt. The Balaban J connectivity index is 0.978. The van der Waals surface area contributed by atoms with Crippen molar-refractivity contribution in [1.82, 2.24) is 18.7 Å². The SMILES string of the molecule is [2H]C([2H])([2H])c1cc(-n2c3ccccc3c3ccc(Oc4ccc5c(c4)C(n4[c](=[Pt])n(-c6c(-c7ccccc7)cccc6-c6cc(C(C)(C)C)cc(C(C)(C)C)c6)c6ccccc64)CCCC5)cc32)ncc1-c1ccc(C(C)(C)C)cc1. The van der Waals surface area contributed by atoms with E-state index in [9.17, 15) is 0 Å². The van der Waals surface area contributed by atoms with Gasteiger partial charge in [0.15, 0.2) is 0 Å². The average Bonchev–Trinajstić information content (AvgIpc) is 3.84. The van der Waals surface area contributed by atoms with E-state index >= 15 is 0 Å². The smallest absolute Gasteiger partial charge is 0.0374 e. The van der Waals surface area contributed by atoms with Crippen LogP contribution in [0, 0.1) is 10.7 Å². The standard InChI is InChI=1S/C72H70N4O.Pt/c1-47-39-68(73-45-62(47)50-31-34-52(35-32-50)70(2,3)4)76-64-28-17-15-24-59(64)60-38-37-56(44-67(60)76)77-55-36-33-49-23-14-16-27-63(61(49)43-55)74-46-75(66-30-19-18-29-65(66)74)69-57(48-21-12-11-13-22-48)25-20-26-58(69)51-40-53(71(5,6)7)42-54(41-51)72(8,9)10;/h11-13,15,17-22,24-26,28-45,63H,14,16,23,27H2,1-10H3;/i1D3;. The molecule has 0 aliphatic heterocycles. The molecule has 0 saturated heterocycles. The molecule has 0 spiro atoms. The van der Waals surface area contributed by atoms with Crippen molar-refractivity contribution in [2.45, 2.75) is 117 Å². The van der Waals surface area contributed by atoms with Crippen LogP contribution in [-0.4, -0.2) is 18.7 Å². The van der Waals surface area contributed by atoms with Crippen molar-refractivity contribution >= 4 is 32.8 Å². The van der Waals surface area contributed by atoms with Gasteiger partial charge in [0, 0.05) is 15.9 Å². The van der Waals surface area contributed by atoms with Crippen molar-refractivity contribution in [2.24, 2.45) is 0 Å². The van der Waals surface area contributed by atoms with Crippen molar-refractivity contribution in [3.8, 4) is 56.4 Å². The molecule has 1 unspecified atom stereocenters. The molecule has 12 rings (SSSR count). The Kier molecular flexibility index (Phi) is 12.2. The molecule has 394 valence electrons. The van der Waals surface area contributed by atoms with Gasteiger partial charge in [-0.25, -0.2) is 4.98 Å². The van der Waals surface area contributed by atoms with Crippen LogP contribution in [0.2, 0.25) is 0 Å². The monoisotopic (exact) mass is 1200 g/mol. The minimum absolute atomic E-state index is 0.0247. The Morgan fingerprint density at radius 2 is 1.13 bits per heavy atom. The first-order valence-electron chi connectivity index (χ1n) is 29.1. The van der Waals surface area contributed by atoms with Gasteiger partial charge >= 0.3 is 353 Å². The summed E-state index contributed by atoms with van der Waals surface area (Å²) in [5, 5.41) is 2.07. The third-order valence-electron chi connectivity index (χ3n) is 16.1. The molecule has 0 bridgehead atoms. The second-order valence-corrected chi connectivity index (χ2v) is 25.5. The van der Waals surface area contributed by atoms with Crippen LogP contribution in [0.15, 0.2) is 188 Å². The van der Waals surface area contributed by atoms with E-state index in [4.69, 9.17) is 13.8 Å². The number of hydrogen-bond donors (Lipinski definition) is 0. The van der Waals surface area contributed by atoms with Crippen molar-refractivity contribution < 1.29 is 28.2 Å². The molecule has 0 N–H and O–H groups in total. The molecule has 78 heavy (non-hydrogen) atoms. The number of imidazole rings is 1. The van der Waals surface area contributed by atoms with E-state index in [2.05, 4.69) is 241 Å². The molecule has 0 saturated carbocycles. The van der Waals surface area contributed by atoms with Gasteiger partial charge in [0.25, 0.3) is 0 Å². The maximum absolute atomic E-state index is 8.75. The van der Waals surface area contributed by atoms with Crippen molar-refractivity contribution in [1.29, 1.82) is 0 Å². The summed E-state index contributed by atoms with van der Waals surface area (Å²) in [7, 11) is 0. The number of aryl methyl sites for hydroxylation is 2. The first kappa shape index (κ1) is 47.8. The van der Waals surface area contributed by atoms with Gasteiger partial charge in [0.1, 0.15) is 0 Å². The summed E-state index contributed by atoms with van der Waals surface area (Å²) < 4.78 is 41.6. The molecule has 11 aromatic rings. The van der Waals surface area contributed by atoms with Crippen LogP contribution in [0.1, 0.15) is 125 Å². The fraction of sp³-hybridized carbons (Fsp3) is 0.250. The number of hydrogen-bond acceptors (Lipinski definition) is 2. The molecule has 0 amide bonds. The maximum Gasteiger partial charge on any atom is 0.0374 e. The zero-order valence-electron chi connectivity index (χ0n) is 49.3. The summed E-state index contributed by atoms with van der Waals surface area (Å²) >= 11 is 2.62. The van der Waals surface area contributed by atoms with E-state index in [-0.39, 0.29) is 27.9 Å². The van der Waals surface area contributed by atoms with Crippen molar-refractivity contribution in [3.05, 3.63) is 225 Å². The zero-order chi connectivity index (χ0) is 56.8. The van der Waals surface area contributed by atoms with Crippen LogP contribution < -0.4 is 4.74 Å². The first-order valence-corrected chi connectivity index (χ1v) is 28.7. The third-order valence-corrected chi connectivity index (χ3v) is 17.1. The second kappa shape index (κ2) is 19.8. The number of aromatic nitrogens is 4. The molecule has 3 aromatic heterocycles. The third kappa shape index (κ3) is 9.42. The molecule has 0 radical (unpaired) electrons. The fourth-order valence-electron chi connectivity index (χ4n) is 11.8. The molecular weight excluding hydrogens is 1130 g/mol. The molecule has 1 aliphatic rings. The van der Waals surface area contributed by atoms with Gasteiger partial charge in [-0.15, -0.1) is 0 Å². The minimum Gasteiger partial charge on any atom is -0.238 e. The van der Waals surface area contributed by atoms with Gasteiger partial charge in [-0.05, 0) is 41.1 Å². The van der Waals surface area contributed by atoms with Crippen LogP contribution in [0.3, 0.4) is 0 Å². The predicted molar refractivity (Wildman–Crippen MR) is 322 cm³/mol. The molecule has 1 atom stereocenters. The molecule has 3 heterocycles. The predicted octanol–water partition coefficient (Wildman–Crippen LogP) is 19.3. The Morgan fingerprint density at radius 1 is 0.513 bits per heavy atom. The first-order chi connectivity index (χ1) is 38.6. The maximum atomic E-state index is 8.75. The summed E-state index contributed by atoms with van der Waals surface area (Å²) in [4.78, 5) is 5.03. The van der Waals surface area contributed by atoms with Gasteiger partial charge in [0.2, 0.25) is 0 Å². The number of pyridine rings is 1. The summed E-state index contributed by atoms with van der Waals surface area (Å²) in [6.45, 7) is 18.0. The minimum atomic E-state index is -2.39. The zero-order valence-corrected chi connectivity index (χ0v) is 48.6. The van der Waals surface area contributed by atoms with Gasteiger partial charge in [0.05, 0.1) is 0 Å². The summed E-state index contributed by atoms with van der Waals surface area (Å²) in [6, 6.07) is 65.0. The summed E-state index contributed by atoms with van der Waals surface area (Å²) in [6.07, 6.45) is 5.87. The summed E-state index contributed by atoms with van der Waals surface area (Å²) in [5.41, 5.74) is 18.0. The van der Waals surface area contributed by atoms with Crippen molar-refractivity contribution in [2.75, 3.05) is 0 Å². The fourth-order valence-corrected chi connectivity index (χ4v) is 12.9. The molecule has 5 nitrogen and oxygen atoms in total. The van der Waals surface area contributed by atoms with Crippen LogP contribution in [0.5, 0.6) is 11.5 Å². The number of para-hydroxylation sites is 4. The number of rotatable bonds is 8. The van der Waals surface area contributed by atoms with Gasteiger partial charge in [-0.3, -0.25) is 0 Å². The van der Waals surface area contributed by atoms with Crippen LogP contribution in [0.25, 0.3) is 77.7 Å². The molecule has 0 fully saturated rings. The van der Waals surface area contributed by atoms with E-state index in [0.717, 1.165) is 68.1 Å². The Morgan fingerprint density at radius 3 is 1.83 bits per heavy atom. The van der Waals surface area contributed by atoms with Gasteiger partial charge in [-0.1, -0.05) is 63.2 Å². The Hall–Kier alpha value is -7.33. The van der Waals surface area contributed by atoms with E-state index in [1.54, 1.807) is 12.3 Å². The van der Waals surface area contributed by atoms with Crippen LogP contribution >= 0.6 is 0 Å². The van der Waals surface area contributed by atoms with Crippen LogP contribution in [-0.2, 0) is 42.0 Å². The summed E-state index contributed by atoms with van der Waals surface area (Å²) in [5.74, 6) is 1.97. The molecule has 8 aromatic carbocycles. The van der Waals surface area contributed by atoms with Gasteiger partial charge in [-0.2, -0.15) is 0 Å². The van der Waals surface area contributed by atoms with Crippen LogP contribution in [0.4, 0.5) is 0 Å². The normalized spacial score (nSPS) is 15.0. The van der Waals surface area contributed by atoms with E-state index in [1.807, 2.05) is 30.3 Å². The van der Waals surface area contributed by atoms with Gasteiger partial charge < -0.3 is 0 Å². The topological polar surface area (TPSA) is 36.9 Å². The Bertz CT molecular complexity index is 4240. The average molecular weight is 1210 g/mol. The largest absolute Gasteiger partial charge is 0.238 e. The number of nitrogens with zero attached hydrogens (tertiary/aromatic N) is 4. The Labute approximate surface area is 475 Å².